The maximum atomic E-state index is 12.6. The van der Waals surface area contributed by atoms with Crippen LogP contribution in [0.5, 0.6) is 0 Å². The van der Waals surface area contributed by atoms with Gasteiger partial charge in [0.25, 0.3) is 5.91 Å². The average Bonchev–Trinajstić information content (AvgIpc) is 2.97. The van der Waals surface area contributed by atoms with Crippen molar-refractivity contribution in [1.82, 2.24) is 9.88 Å². The molecule has 2 N–H and O–H groups in total. The van der Waals surface area contributed by atoms with Gasteiger partial charge in [0.1, 0.15) is 5.69 Å². The zero-order valence-electron chi connectivity index (χ0n) is 16.3. The number of aromatic nitrogens is 1. The number of rotatable bonds is 4. The molecule has 1 aromatic carbocycles. The number of methoxy groups -OCH3 is 1. The van der Waals surface area contributed by atoms with Gasteiger partial charge >= 0.3 is 5.97 Å². The van der Waals surface area contributed by atoms with Gasteiger partial charge in [0.2, 0.25) is 0 Å². The van der Waals surface area contributed by atoms with E-state index in [-0.39, 0.29) is 5.91 Å². The molecule has 1 aliphatic heterocycles. The number of hydrogen-bond donors (Lipinski definition) is 2. The number of likely N-dealkylation sites (N-methyl/N-ethyl adjacent to an activating group) is 1. The second-order valence-electron chi connectivity index (χ2n) is 6.91. The quantitative estimate of drug-likeness (QED) is 0.809. The van der Waals surface area contributed by atoms with Crippen LogP contribution < -0.4 is 10.2 Å². The summed E-state index contributed by atoms with van der Waals surface area (Å²) in [6.07, 6.45) is 0. The largest absolute Gasteiger partial charge is 0.465 e. The summed E-state index contributed by atoms with van der Waals surface area (Å²) in [7, 11) is 3.46. The predicted octanol–water partition coefficient (Wildman–Crippen LogP) is 2.42. The number of anilines is 2. The van der Waals surface area contributed by atoms with E-state index in [0.29, 0.717) is 28.2 Å². The molecule has 0 spiro atoms. The number of carbonyl (C=O) groups is 2. The van der Waals surface area contributed by atoms with Gasteiger partial charge in [-0.15, -0.1) is 0 Å². The zero-order valence-corrected chi connectivity index (χ0v) is 16.3. The van der Waals surface area contributed by atoms with E-state index in [1.165, 1.54) is 7.11 Å². The number of nitrogens with zero attached hydrogens (tertiary/aromatic N) is 2. The van der Waals surface area contributed by atoms with Crippen LogP contribution in [-0.4, -0.2) is 62.1 Å². The molecule has 3 rings (SSSR count). The molecule has 1 saturated heterocycles. The van der Waals surface area contributed by atoms with Crippen molar-refractivity contribution in [3.63, 3.8) is 0 Å². The van der Waals surface area contributed by atoms with Gasteiger partial charge in [0.05, 0.1) is 12.7 Å². The van der Waals surface area contributed by atoms with Crippen LogP contribution in [0.25, 0.3) is 0 Å². The van der Waals surface area contributed by atoms with Gasteiger partial charge in [0, 0.05) is 43.2 Å². The lowest BCUT2D eigenvalue weighted by Crippen LogP contribution is -2.44. The second kappa shape index (κ2) is 7.84. The molecule has 27 heavy (non-hydrogen) atoms. The van der Waals surface area contributed by atoms with Crippen LogP contribution in [0.2, 0.25) is 0 Å². The van der Waals surface area contributed by atoms with Gasteiger partial charge in [-0.2, -0.15) is 0 Å². The van der Waals surface area contributed by atoms with Crippen LogP contribution in [0.1, 0.15) is 32.1 Å². The van der Waals surface area contributed by atoms with Crippen LogP contribution in [0.4, 0.5) is 11.4 Å². The third-order valence-electron chi connectivity index (χ3n) is 5.05. The number of nitrogens with one attached hydrogen (secondary N) is 2. The first kappa shape index (κ1) is 19.0. The molecule has 2 aromatic rings. The Balaban J connectivity index is 1.70. The minimum Gasteiger partial charge on any atom is -0.465 e. The number of aromatic amines is 1. The Morgan fingerprint density at radius 3 is 2.30 bits per heavy atom. The van der Waals surface area contributed by atoms with Crippen molar-refractivity contribution in [1.29, 1.82) is 0 Å². The summed E-state index contributed by atoms with van der Waals surface area (Å²) < 4.78 is 4.79. The van der Waals surface area contributed by atoms with E-state index < -0.39 is 5.97 Å². The number of ether oxygens (including phenoxy) is 1. The first-order chi connectivity index (χ1) is 12.9. The summed E-state index contributed by atoms with van der Waals surface area (Å²) in [4.78, 5) is 32.1. The second-order valence-corrected chi connectivity index (χ2v) is 6.91. The van der Waals surface area contributed by atoms with E-state index in [1.54, 1.807) is 13.8 Å². The fourth-order valence-corrected chi connectivity index (χ4v) is 3.40. The number of amides is 1. The number of piperazine rings is 1. The highest BCUT2D eigenvalue weighted by molar-refractivity contribution is 6.06. The molecule has 0 bridgehead atoms. The Morgan fingerprint density at radius 1 is 1.07 bits per heavy atom. The van der Waals surface area contributed by atoms with Crippen LogP contribution in [0.3, 0.4) is 0 Å². The zero-order chi connectivity index (χ0) is 19.6. The maximum Gasteiger partial charge on any atom is 0.339 e. The molecule has 0 radical (unpaired) electrons. The Bertz CT molecular complexity index is 834. The van der Waals surface area contributed by atoms with E-state index in [4.69, 9.17) is 4.74 Å². The molecule has 1 aliphatic rings. The number of benzene rings is 1. The number of H-pyrrole nitrogens is 1. The number of aryl methyl sites for hydroxylation is 1. The highest BCUT2D eigenvalue weighted by Gasteiger charge is 2.22. The lowest BCUT2D eigenvalue weighted by Gasteiger charge is -2.34. The topological polar surface area (TPSA) is 77.7 Å². The van der Waals surface area contributed by atoms with Crippen molar-refractivity contribution in [2.45, 2.75) is 13.8 Å². The summed E-state index contributed by atoms with van der Waals surface area (Å²) in [6.45, 7) is 7.58. The molecule has 1 aromatic heterocycles. The smallest absolute Gasteiger partial charge is 0.339 e. The number of carbonyl (C=O) groups excluding carboxylic acids is 2. The summed E-state index contributed by atoms with van der Waals surface area (Å²) in [5.74, 6) is -0.727. The molecule has 144 valence electrons. The predicted molar refractivity (Wildman–Crippen MR) is 106 cm³/mol. The molecular formula is C20H26N4O3. The van der Waals surface area contributed by atoms with Gasteiger partial charge < -0.3 is 24.8 Å². The molecule has 0 atom stereocenters. The molecule has 1 fully saturated rings. The molecule has 0 aliphatic carbocycles. The summed E-state index contributed by atoms with van der Waals surface area (Å²) in [6, 6.07) is 7.84. The fraction of sp³-hybridized carbons (Fsp3) is 0.400. The van der Waals surface area contributed by atoms with Gasteiger partial charge in [0.15, 0.2) is 0 Å². The van der Waals surface area contributed by atoms with E-state index in [2.05, 4.69) is 27.1 Å². The van der Waals surface area contributed by atoms with Crippen LogP contribution >= 0.6 is 0 Å². The highest BCUT2D eigenvalue weighted by atomic mass is 16.5. The number of hydrogen-bond acceptors (Lipinski definition) is 5. The highest BCUT2D eigenvalue weighted by Crippen LogP contribution is 2.22. The van der Waals surface area contributed by atoms with Crippen molar-refractivity contribution in [2.24, 2.45) is 0 Å². The van der Waals surface area contributed by atoms with Crippen LogP contribution in [-0.2, 0) is 4.74 Å². The summed E-state index contributed by atoms with van der Waals surface area (Å²) >= 11 is 0. The molecule has 0 unspecified atom stereocenters. The minimum absolute atomic E-state index is 0.280. The van der Waals surface area contributed by atoms with Gasteiger partial charge in [-0.25, -0.2) is 4.79 Å². The Kier molecular flexibility index (Phi) is 5.51. The summed E-state index contributed by atoms with van der Waals surface area (Å²) in [5.41, 5.74) is 3.86. The SMILES string of the molecule is COC(=O)c1c(C)[nH]c(C(=O)Nc2ccc(N3CCN(C)CC3)cc2)c1C. The van der Waals surface area contributed by atoms with Crippen LogP contribution in [0, 0.1) is 13.8 Å². The van der Waals surface area contributed by atoms with Crippen LogP contribution in [0.15, 0.2) is 24.3 Å². The number of esters is 1. The van der Waals surface area contributed by atoms with E-state index in [9.17, 15) is 9.59 Å². The molecule has 2 heterocycles. The normalized spacial score (nSPS) is 14.9. The molecule has 0 saturated carbocycles. The maximum absolute atomic E-state index is 12.6. The Morgan fingerprint density at radius 2 is 1.70 bits per heavy atom. The molecular weight excluding hydrogens is 344 g/mol. The van der Waals surface area contributed by atoms with Gasteiger partial charge in [-0.1, -0.05) is 0 Å². The van der Waals surface area contributed by atoms with E-state index in [0.717, 1.165) is 31.9 Å². The Hall–Kier alpha value is -2.80. The van der Waals surface area contributed by atoms with Crippen molar-refractivity contribution >= 4 is 23.3 Å². The average molecular weight is 370 g/mol. The fourth-order valence-electron chi connectivity index (χ4n) is 3.40. The van der Waals surface area contributed by atoms with Crippen molar-refractivity contribution in [3.8, 4) is 0 Å². The lowest BCUT2D eigenvalue weighted by molar-refractivity contribution is 0.0599. The summed E-state index contributed by atoms with van der Waals surface area (Å²) in [5, 5.41) is 2.88. The van der Waals surface area contributed by atoms with Gasteiger partial charge in [-0.05, 0) is 50.7 Å². The van der Waals surface area contributed by atoms with Crippen molar-refractivity contribution in [3.05, 3.63) is 46.8 Å². The first-order valence-corrected chi connectivity index (χ1v) is 9.03. The Labute approximate surface area is 159 Å². The third kappa shape index (κ3) is 3.98. The standard InChI is InChI=1S/C20H26N4O3/c1-13-17(20(26)27-4)14(2)21-18(13)19(25)22-15-5-7-16(8-6-15)24-11-9-23(3)10-12-24/h5-8,21H,9-12H2,1-4H3,(H,22,25). The first-order valence-electron chi connectivity index (χ1n) is 9.03. The third-order valence-corrected chi connectivity index (χ3v) is 5.05. The van der Waals surface area contributed by atoms with Gasteiger partial charge in [-0.3, -0.25) is 4.79 Å². The lowest BCUT2D eigenvalue weighted by atomic mass is 10.1. The molecule has 7 nitrogen and oxygen atoms in total. The molecule has 1 amide bonds. The van der Waals surface area contributed by atoms with E-state index in [1.807, 2.05) is 24.3 Å². The molecule has 7 heteroatoms. The van der Waals surface area contributed by atoms with Crippen molar-refractivity contribution in [2.75, 3.05) is 50.6 Å². The minimum atomic E-state index is -0.447. The van der Waals surface area contributed by atoms with Crippen molar-refractivity contribution < 1.29 is 14.3 Å². The van der Waals surface area contributed by atoms with E-state index >= 15 is 0 Å². The monoisotopic (exact) mass is 370 g/mol.